The Morgan fingerprint density at radius 1 is 1.15 bits per heavy atom. The lowest BCUT2D eigenvalue weighted by molar-refractivity contribution is -0.144. The van der Waals surface area contributed by atoms with E-state index in [4.69, 9.17) is 9.47 Å². The Morgan fingerprint density at radius 3 is 2.65 bits per heavy atom. The van der Waals surface area contributed by atoms with Crippen molar-refractivity contribution in [2.24, 2.45) is 40.9 Å². The first-order valence-corrected chi connectivity index (χ1v) is 13.4. The Labute approximate surface area is 205 Å². The number of aliphatic hydroxyl groups is 1. The van der Waals surface area contributed by atoms with Gasteiger partial charge in [-0.15, -0.1) is 0 Å². The summed E-state index contributed by atoms with van der Waals surface area (Å²) in [5.74, 6) is 4.33. The Bertz CT molecular complexity index is 926. The molecule has 6 heteroatoms. The predicted molar refractivity (Wildman–Crippen MR) is 130 cm³/mol. The van der Waals surface area contributed by atoms with Gasteiger partial charge in [-0.1, -0.05) is 6.92 Å². The molecule has 0 amide bonds. The van der Waals surface area contributed by atoms with Crippen LogP contribution in [0.15, 0.2) is 12.4 Å². The second-order valence-electron chi connectivity index (χ2n) is 12.6. The number of nitrogens with zero attached hydrogens (tertiary/aromatic N) is 3. The minimum Gasteiger partial charge on any atom is -0.387 e. The van der Waals surface area contributed by atoms with E-state index < -0.39 is 5.60 Å². The van der Waals surface area contributed by atoms with Crippen LogP contribution in [0.4, 0.5) is 0 Å². The fraction of sp³-hybridized carbons (Fsp3) is 0.857. The van der Waals surface area contributed by atoms with Gasteiger partial charge in [-0.3, -0.25) is 4.68 Å². The summed E-state index contributed by atoms with van der Waals surface area (Å²) in [6, 6.07) is 2.19. The molecule has 0 aliphatic heterocycles. The maximum Gasteiger partial charge on any atom is 0.102 e. The first-order valence-electron chi connectivity index (χ1n) is 13.4. The number of ether oxygens (including phenoxy) is 2. The van der Waals surface area contributed by atoms with E-state index >= 15 is 0 Å². The average molecular weight is 470 g/mol. The van der Waals surface area contributed by atoms with Gasteiger partial charge in [-0.25, -0.2) is 0 Å². The zero-order chi connectivity index (χ0) is 24.1. The standard InChI is InChI=1S/C28H43N3O3/c1-26-11-9-22-21-10-12-28(32,18-33-3)13-20(21)5-6-23(22)24(26)7-8-25(26)27(2,34-4)17-31-16-19(14-29)15-30-31/h15-16,20-25,32H,5-13,17-18H2,1-4H3/t20-,21+,22-,23-,24+,25+,26+,27+,28-/m1/s1. The molecule has 1 heterocycles. The number of nitriles is 1. The molecule has 34 heavy (non-hydrogen) atoms. The monoisotopic (exact) mass is 469 g/mol. The van der Waals surface area contributed by atoms with Gasteiger partial charge in [0, 0.05) is 20.4 Å². The Balaban J connectivity index is 1.33. The third kappa shape index (κ3) is 3.92. The van der Waals surface area contributed by atoms with Crippen molar-refractivity contribution in [3.63, 3.8) is 0 Å². The van der Waals surface area contributed by atoms with Crippen LogP contribution in [-0.2, 0) is 16.0 Å². The van der Waals surface area contributed by atoms with Gasteiger partial charge in [0.25, 0.3) is 0 Å². The lowest BCUT2D eigenvalue weighted by Gasteiger charge is -2.58. The second-order valence-corrected chi connectivity index (χ2v) is 12.6. The van der Waals surface area contributed by atoms with Crippen LogP contribution in [0.5, 0.6) is 0 Å². The third-order valence-electron chi connectivity index (χ3n) is 11.0. The summed E-state index contributed by atoms with van der Waals surface area (Å²) in [7, 11) is 3.56. The molecule has 4 fully saturated rings. The van der Waals surface area contributed by atoms with Gasteiger partial charge in [0.15, 0.2) is 0 Å². The van der Waals surface area contributed by atoms with E-state index in [0.717, 1.165) is 42.9 Å². The number of hydrogen-bond acceptors (Lipinski definition) is 5. The molecular formula is C28H43N3O3. The Morgan fingerprint density at radius 2 is 1.94 bits per heavy atom. The lowest BCUT2D eigenvalue weighted by atomic mass is 9.48. The van der Waals surface area contributed by atoms with Crippen LogP contribution in [-0.4, -0.2) is 46.9 Å². The molecule has 4 aliphatic carbocycles. The predicted octanol–water partition coefficient (Wildman–Crippen LogP) is 4.81. The highest BCUT2D eigenvalue weighted by Crippen LogP contribution is 2.66. The van der Waals surface area contributed by atoms with E-state index in [9.17, 15) is 10.4 Å². The SMILES string of the molecule is COC[C@@]1(O)CC[C@H]2[C@H](CC[C@@H]3[C@@H]2CC[C@@]2(C)[C@H]3CC[C@@H]2[C@](C)(Cn2cc(C#N)cn2)OC)C1. The molecular weight excluding hydrogens is 426 g/mol. The molecule has 4 aliphatic rings. The van der Waals surface area contributed by atoms with Crippen LogP contribution in [0.25, 0.3) is 0 Å². The fourth-order valence-corrected chi connectivity index (χ4v) is 9.51. The molecule has 5 rings (SSSR count). The Kier molecular flexibility index (Phi) is 6.36. The van der Waals surface area contributed by atoms with E-state index in [1.165, 1.54) is 38.5 Å². The summed E-state index contributed by atoms with van der Waals surface area (Å²) >= 11 is 0. The highest BCUT2D eigenvalue weighted by Gasteiger charge is 2.61. The molecule has 0 aromatic carbocycles. The number of rotatable bonds is 6. The third-order valence-corrected chi connectivity index (χ3v) is 11.0. The first kappa shape index (κ1) is 24.3. The molecule has 4 saturated carbocycles. The quantitative estimate of drug-likeness (QED) is 0.647. The minimum atomic E-state index is -0.609. The summed E-state index contributed by atoms with van der Waals surface area (Å²) in [4.78, 5) is 0. The maximum absolute atomic E-state index is 11.0. The van der Waals surface area contributed by atoms with Crippen LogP contribution < -0.4 is 0 Å². The van der Waals surface area contributed by atoms with Crippen molar-refractivity contribution in [2.75, 3.05) is 20.8 Å². The summed E-state index contributed by atoms with van der Waals surface area (Å²) < 4.78 is 13.5. The summed E-state index contributed by atoms with van der Waals surface area (Å²) in [5, 5.41) is 24.7. The fourth-order valence-electron chi connectivity index (χ4n) is 9.51. The lowest BCUT2D eigenvalue weighted by Crippen LogP contribution is -2.54. The van der Waals surface area contributed by atoms with Gasteiger partial charge < -0.3 is 14.6 Å². The van der Waals surface area contributed by atoms with E-state index in [1.807, 2.05) is 18.0 Å². The molecule has 0 unspecified atom stereocenters. The molecule has 1 N–H and O–H groups in total. The van der Waals surface area contributed by atoms with Gasteiger partial charge in [0.05, 0.1) is 36.1 Å². The second kappa shape index (κ2) is 8.91. The van der Waals surface area contributed by atoms with Crippen molar-refractivity contribution >= 4 is 0 Å². The Hall–Kier alpha value is -1.42. The smallest absolute Gasteiger partial charge is 0.102 e. The molecule has 0 saturated heterocycles. The van der Waals surface area contributed by atoms with Gasteiger partial charge in [0.2, 0.25) is 0 Å². The normalized spacial score (nSPS) is 43.3. The molecule has 6 nitrogen and oxygen atoms in total. The number of methoxy groups -OCH3 is 2. The molecule has 0 spiro atoms. The van der Waals surface area contributed by atoms with Gasteiger partial charge in [-0.2, -0.15) is 10.4 Å². The molecule has 9 atom stereocenters. The van der Waals surface area contributed by atoms with Crippen LogP contribution in [0.2, 0.25) is 0 Å². The minimum absolute atomic E-state index is 0.287. The van der Waals surface area contributed by atoms with Crippen molar-refractivity contribution in [1.82, 2.24) is 9.78 Å². The van der Waals surface area contributed by atoms with Crippen molar-refractivity contribution in [2.45, 2.75) is 89.4 Å². The van der Waals surface area contributed by atoms with Crippen molar-refractivity contribution in [3.05, 3.63) is 18.0 Å². The molecule has 0 radical (unpaired) electrons. The molecule has 1 aromatic rings. The van der Waals surface area contributed by atoms with Crippen molar-refractivity contribution < 1.29 is 14.6 Å². The van der Waals surface area contributed by atoms with Gasteiger partial charge in [0.1, 0.15) is 6.07 Å². The largest absolute Gasteiger partial charge is 0.387 e. The molecule has 0 bridgehead atoms. The molecule has 188 valence electrons. The summed E-state index contributed by atoms with van der Waals surface area (Å²) in [5.41, 5.74) is -0.0118. The van der Waals surface area contributed by atoms with Gasteiger partial charge >= 0.3 is 0 Å². The number of fused-ring (bicyclic) bond motifs is 5. The maximum atomic E-state index is 11.0. The average Bonchev–Trinajstić information content (AvgIpc) is 3.42. The van der Waals surface area contributed by atoms with Gasteiger partial charge in [-0.05, 0) is 106 Å². The van der Waals surface area contributed by atoms with Crippen molar-refractivity contribution in [1.29, 1.82) is 5.26 Å². The zero-order valence-electron chi connectivity index (χ0n) is 21.5. The first-order chi connectivity index (χ1) is 16.2. The summed E-state index contributed by atoms with van der Waals surface area (Å²) in [6.45, 7) is 5.99. The van der Waals surface area contributed by atoms with E-state index in [-0.39, 0.29) is 11.0 Å². The highest BCUT2D eigenvalue weighted by molar-refractivity contribution is 5.22. The van der Waals surface area contributed by atoms with Crippen LogP contribution in [0, 0.1) is 52.3 Å². The van der Waals surface area contributed by atoms with E-state index in [0.29, 0.717) is 30.6 Å². The zero-order valence-corrected chi connectivity index (χ0v) is 21.5. The molecule has 1 aromatic heterocycles. The van der Waals surface area contributed by atoms with Crippen LogP contribution >= 0.6 is 0 Å². The van der Waals surface area contributed by atoms with Crippen LogP contribution in [0.1, 0.15) is 77.2 Å². The number of aromatic nitrogens is 2. The van der Waals surface area contributed by atoms with E-state index in [2.05, 4.69) is 25.0 Å². The van der Waals surface area contributed by atoms with E-state index in [1.54, 1.807) is 13.3 Å². The van der Waals surface area contributed by atoms with Crippen LogP contribution in [0.3, 0.4) is 0 Å². The highest BCUT2D eigenvalue weighted by atomic mass is 16.5. The number of hydrogen-bond donors (Lipinski definition) is 1. The van der Waals surface area contributed by atoms with Crippen molar-refractivity contribution in [3.8, 4) is 6.07 Å². The summed E-state index contributed by atoms with van der Waals surface area (Å²) in [6.07, 6.45) is 14.2. The topological polar surface area (TPSA) is 80.3 Å².